The molecule has 168 valence electrons. The van der Waals surface area contributed by atoms with E-state index < -0.39 is 0 Å². The number of hydrogen-bond donors (Lipinski definition) is 0. The predicted octanol–water partition coefficient (Wildman–Crippen LogP) is 8.92. The van der Waals surface area contributed by atoms with Crippen LogP contribution in [0.4, 0.5) is 28.4 Å². The van der Waals surface area contributed by atoms with Crippen LogP contribution in [0.15, 0.2) is 146 Å². The van der Waals surface area contributed by atoms with Crippen LogP contribution in [0.1, 0.15) is 5.56 Å². The Bertz CT molecular complexity index is 1160. The second-order valence-corrected chi connectivity index (χ2v) is 8.07. The molecule has 0 bridgehead atoms. The van der Waals surface area contributed by atoms with E-state index in [-0.39, 0.29) is 0 Å². The van der Waals surface area contributed by atoms with E-state index in [0.29, 0.717) is 0 Å². The lowest BCUT2D eigenvalue weighted by Gasteiger charge is -2.25. The molecule has 0 aliphatic carbocycles. The molecule has 5 aromatic rings. The van der Waals surface area contributed by atoms with Crippen molar-refractivity contribution in [3.63, 3.8) is 0 Å². The van der Waals surface area contributed by atoms with Crippen LogP contribution >= 0.6 is 0 Å². The lowest BCUT2D eigenvalue weighted by Crippen LogP contribution is -2.09. The zero-order valence-electron chi connectivity index (χ0n) is 19.8. The van der Waals surface area contributed by atoms with Crippen molar-refractivity contribution in [3.05, 3.63) is 151 Å². The average molecular weight is 443 g/mol. The second kappa shape index (κ2) is 11.5. The van der Waals surface area contributed by atoms with Crippen LogP contribution in [0, 0.1) is 6.92 Å². The van der Waals surface area contributed by atoms with Crippen molar-refractivity contribution in [2.24, 2.45) is 0 Å². The summed E-state index contributed by atoms with van der Waals surface area (Å²) >= 11 is 0. The number of benzene rings is 5. The number of rotatable bonds is 5. The summed E-state index contributed by atoms with van der Waals surface area (Å²) in [5.74, 6) is 0. The Labute approximate surface area is 203 Å². The smallest absolute Gasteiger partial charge is 0.0461 e. The Morgan fingerprint density at radius 2 is 0.647 bits per heavy atom. The first-order valence-electron chi connectivity index (χ1n) is 11.5. The van der Waals surface area contributed by atoms with E-state index in [9.17, 15) is 0 Å². The van der Waals surface area contributed by atoms with Gasteiger partial charge < -0.3 is 9.80 Å². The molecular formula is C32H30N2. The van der Waals surface area contributed by atoms with Crippen molar-refractivity contribution in [1.82, 2.24) is 0 Å². The molecule has 5 rings (SSSR count). The first-order chi connectivity index (χ1) is 16.7. The van der Waals surface area contributed by atoms with Gasteiger partial charge in [0.05, 0.1) is 0 Å². The summed E-state index contributed by atoms with van der Waals surface area (Å²) in [7, 11) is 2.07. The van der Waals surface area contributed by atoms with Crippen LogP contribution in [0.3, 0.4) is 0 Å². The topological polar surface area (TPSA) is 6.48 Å². The van der Waals surface area contributed by atoms with Gasteiger partial charge in [0, 0.05) is 35.5 Å². The molecule has 34 heavy (non-hydrogen) atoms. The van der Waals surface area contributed by atoms with E-state index in [2.05, 4.69) is 145 Å². The number of hydrogen-bond acceptors (Lipinski definition) is 2. The molecule has 0 amide bonds. The van der Waals surface area contributed by atoms with Crippen LogP contribution in [0.2, 0.25) is 0 Å². The van der Waals surface area contributed by atoms with Gasteiger partial charge in [0.2, 0.25) is 0 Å². The third-order valence-electron chi connectivity index (χ3n) is 5.61. The highest BCUT2D eigenvalue weighted by atomic mass is 15.1. The molecule has 5 aromatic carbocycles. The molecule has 0 spiro atoms. The molecule has 0 unspecified atom stereocenters. The van der Waals surface area contributed by atoms with Crippen LogP contribution in [-0.4, -0.2) is 7.05 Å². The summed E-state index contributed by atoms with van der Waals surface area (Å²) in [4.78, 5) is 4.43. The Morgan fingerprint density at radius 3 is 1.00 bits per heavy atom. The van der Waals surface area contributed by atoms with Gasteiger partial charge in [-0.25, -0.2) is 0 Å². The minimum atomic E-state index is 1.17. The molecule has 0 heterocycles. The highest BCUT2D eigenvalue weighted by molar-refractivity contribution is 5.76. The van der Waals surface area contributed by atoms with Gasteiger partial charge in [-0.2, -0.15) is 0 Å². The fourth-order valence-electron chi connectivity index (χ4n) is 3.75. The molecular weight excluding hydrogens is 412 g/mol. The predicted molar refractivity (Wildman–Crippen MR) is 147 cm³/mol. The van der Waals surface area contributed by atoms with E-state index >= 15 is 0 Å². The second-order valence-electron chi connectivity index (χ2n) is 8.07. The fourth-order valence-corrected chi connectivity index (χ4v) is 3.75. The molecule has 2 heteroatoms. The summed E-state index contributed by atoms with van der Waals surface area (Å²) < 4.78 is 0. The molecule has 0 N–H and O–H groups in total. The van der Waals surface area contributed by atoms with Gasteiger partial charge in [-0.15, -0.1) is 0 Å². The number of para-hydroxylation sites is 4. The molecule has 0 saturated carbocycles. The van der Waals surface area contributed by atoms with Crippen molar-refractivity contribution in [1.29, 1.82) is 0 Å². The van der Waals surface area contributed by atoms with E-state index in [1.165, 1.54) is 34.0 Å². The van der Waals surface area contributed by atoms with Gasteiger partial charge in [-0.1, -0.05) is 90.5 Å². The van der Waals surface area contributed by atoms with Gasteiger partial charge >= 0.3 is 0 Å². The molecule has 0 aliphatic heterocycles. The number of aryl methyl sites for hydroxylation is 1. The highest BCUT2D eigenvalue weighted by Crippen LogP contribution is 2.33. The Kier molecular flexibility index (Phi) is 7.76. The summed E-state index contributed by atoms with van der Waals surface area (Å²) in [5.41, 5.74) is 7.20. The molecule has 0 aromatic heterocycles. The zero-order valence-corrected chi connectivity index (χ0v) is 19.8. The summed E-state index contributed by atoms with van der Waals surface area (Å²) in [6.45, 7) is 2.11. The van der Waals surface area contributed by atoms with E-state index in [1.807, 2.05) is 24.3 Å². The van der Waals surface area contributed by atoms with Crippen LogP contribution in [0.25, 0.3) is 0 Å². The molecule has 0 aliphatic rings. The average Bonchev–Trinajstić information content (AvgIpc) is 2.92. The molecule has 2 nitrogen and oxygen atoms in total. The normalized spacial score (nSPS) is 10.1. The van der Waals surface area contributed by atoms with Gasteiger partial charge in [0.25, 0.3) is 0 Å². The molecule has 0 radical (unpaired) electrons. The monoisotopic (exact) mass is 442 g/mol. The third kappa shape index (κ3) is 5.93. The minimum absolute atomic E-state index is 1.17. The maximum Gasteiger partial charge on any atom is 0.0461 e. The van der Waals surface area contributed by atoms with Crippen molar-refractivity contribution in [3.8, 4) is 0 Å². The summed E-state index contributed by atoms with van der Waals surface area (Å²) in [6.07, 6.45) is 0. The Hall–Kier alpha value is -4.30. The van der Waals surface area contributed by atoms with Gasteiger partial charge in [0.1, 0.15) is 0 Å². The summed E-state index contributed by atoms with van der Waals surface area (Å²) in [5, 5.41) is 0. The maximum absolute atomic E-state index is 2.26. The first-order valence-corrected chi connectivity index (χ1v) is 11.5. The lowest BCUT2D eigenvalue weighted by molar-refractivity contribution is 1.21. The molecule has 0 saturated heterocycles. The van der Waals surface area contributed by atoms with Gasteiger partial charge in [-0.3, -0.25) is 0 Å². The van der Waals surface area contributed by atoms with Crippen LogP contribution in [-0.2, 0) is 0 Å². The maximum atomic E-state index is 2.26. The van der Waals surface area contributed by atoms with Crippen molar-refractivity contribution in [2.45, 2.75) is 6.92 Å². The van der Waals surface area contributed by atoms with Gasteiger partial charge in [0.15, 0.2) is 0 Å². The van der Waals surface area contributed by atoms with E-state index in [0.717, 1.165) is 0 Å². The van der Waals surface area contributed by atoms with Crippen LogP contribution < -0.4 is 9.80 Å². The zero-order chi connectivity index (χ0) is 23.6. The highest BCUT2D eigenvalue weighted by Gasteiger charge is 2.10. The number of nitrogens with zero attached hydrogens (tertiary/aromatic N) is 2. The van der Waals surface area contributed by atoms with Gasteiger partial charge in [-0.05, 0) is 67.6 Å². The first kappa shape index (κ1) is 22.9. The minimum Gasteiger partial charge on any atom is -0.345 e. The van der Waals surface area contributed by atoms with Crippen molar-refractivity contribution < 1.29 is 0 Å². The Balaban J connectivity index is 0.000000172. The third-order valence-corrected chi connectivity index (χ3v) is 5.61. The fraction of sp³-hybridized carbons (Fsp3) is 0.0625. The number of anilines is 5. The van der Waals surface area contributed by atoms with Crippen LogP contribution in [0.5, 0.6) is 0 Å². The lowest BCUT2D eigenvalue weighted by atomic mass is 10.1. The SMILES string of the molecule is CN(c1ccccc1)c1ccccc1.Cc1ccc(N(c2ccccc2)c2ccccc2)cc1. The summed E-state index contributed by atoms with van der Waals surface area (Å²) in [6, 6.07) is 50.2. The quantitative estimate of drug-likeness (QED) is 0.268. The van der Waals surface area contributed by atoms with Crippen molar-refractivity contribution in [2.75, 3.05) is 16.8 Å². The molecule has 0 fully saturated rings. The van der Waals surface area contributed by atoms with E-state index in [4.69, 9.17) is 0 Å². The standard InChI is InChI=1S/C19H17N.C13H13N/c1-16-12-14-19(15-13-16)20(17-8-4-2-5-9-17)18-10-6-3-7-11-18;1-14(12-8-4-2-5-9-12)13-10-6-3-7-11-13/h2-15H,1H3;2-11H,1H3. The van der Waals surface area contributed by atoms with Crippen molar-refractivity contribution >= 4 is 28.4 Å². The molecule has 0 atom stereocenters. The van der Waals surface area contributed by atoms with E-state index in [1.54, 1.807) is 0 Å². The largest absolute Gasteiger partial charge is 0.345 e. The Morgan fingerprint density at radius 1 is 0.353 bits per heavy atom.